The van der Waals surface area contributed by atoms with Gasteiger partial charge in [0.2, 0.25) is 5.91 Å². The zero-order valence-electron chi connectivity index (χ0n) is 17.1. The fourth-order valence-electron chi connectivity index (χ4n) is 3.82. The number of sulfonamides is 1. The van der Waals surface area contributed by atoms with E-state index in [1.54, 1.807) is 49.4 Å². The van der Waals surface area contributed by atoms with Crippen LogP contribution in [0.1, 0.15) is 18.1 Å². The molecule has 2 aliphatic rings. The predicted molar refractivity (Wildman–Crippen MR) is 118 cm³/mol. The zero-order chi connectivity index (χ0) is 23.0. The molecule has 32 heavy (non-hydrogen) atoms. The third kappa shape index (κ3) is 4.57. The van der Waals surface area contributed by atoms with Gasteiger partial charge in [0.1, 0.15) is 5.25 Å². The molecule has 2 aromatic rings. The average Bonchev–Trinajstić information content (AvgIpc) is 3.34. The average molecular weight is 486 g/mol. The molecule has 0 aliphatic carbocycles. The summed E-state index contributed by atoms with van der Waals surface area (Å²) in [4.78, 5) is 12.4. The van der Waals surface area contributed by atoms with Crippen molar-refractivity contribution in [1.82, 2.24) is 15.9 Å². The molecule has 3 N–H and O–H groups in total. The highest BCUT2D eigenvalue weighted by molar-refractivity contribution is 7.93. The summed E-state index contributed by atoms with van der Waals surface area (Å²) in [6.07, 6.45) is 0.128. The van der Waals surface area contributed by atoms with Crippen LogP contribution in [0.3, 0.4) is 0 Å². The molecule has 1 saturated heterocycles. The highest BCUT2D eigenvalue weighted by Gasteiger charge is 2.45. The first-order valence-electron chi connectivity index (χ1n) is 9.91. The second-order valence-electron chi connectivity index (χ2n) is 7.73. The Morgan fingerprint density at radius 2 is 1.97 bits per heavy atom. The van der Waals surface area contributed by atoms with E-state index >= 15 is 0 Å². The lowest BCUT2D eigenvalue weighted by molar-refractivity contribution is -0.115. The van der Waals surface area contributed by atoms with Gasteiger partial charge in [-0.15, -0.1) is 0 Å². The van der Waals surface area contributed by atoms with Crippen LogP contribution in [-0.4, -0.2) is 43.7 Å². The van der Waals surface area contributed by atoms with Crippen molar-refractivity contribution in [2.24, 2.45) is 0 Å². The Hall–Kier alpha value is -2.31. The van der Waals surface area contributed by atoms with Gasteiger partial charge in [-0.1, -0.05) is 29.8 Å². The van der Waals surface area contributed by atoms with Gasteiger partial charge in [0, 0.05) is 29.8 Å². The summed E-state index contributed by atoms with van der Waals surface area (Å²) < 4.78 is 53.6. The monoisotopic (exact) mass is 485 g/mol. The molecule has 172 valence electrons. The molecule has 4 rings (SSSR count). The quantitative estimate of drug-likeness (QED) is 0.544. The highest BCUT2D eigenvalue weighted by Crippen LogP contribution is 2.33. The molecule has 0 aromatic heterocycles. The van der Waals surface area contributed by atoms with Gasteiger partial charge in [-0.25, -0.2) is 23.7 Å². The van der Waals surface area contributed by atoms with Crippen LogP contribution < -0.4 is 20.6 Å². The van der Waals surface area contributed by atoms with E-state index in [4.69, 9.17) is 11.6 Å². The molecule has 0 bridgehead atoms. The summed E-state index contributed by atoms with van der Waals surface area (Å²) in [6.45, 7) is -1.33. The lowest BCUT2D eigenvalue weighted by atomic mass is 10.1. The number of fused-ring (bicyclic) bond motifs is 1. The number of amides is 1. The SMILES string of the molecule is CC1NN(C(F)F)CC1S(=O)(=O)N1NCc2ccc(NC(=O)Cc3ccc(Cl)cc3)cc21. The van der Waals surface area contributed by atoms with Gasteiger partial charge < -0.3 is 5.32 Å². The number of carbonyl (C=O) groups is 1. The third-order valence-electron chi connectivity index (χ3n) is 5.46. The number of alkyl halides is 2. The fourth-order valence-corrected chi connectivity index (χ4v) is 5.83. The molecule has 2 heterocycles. The molecular weight excluding hydrogens is 464 g/mol. The van der Waals surface area contributed by atoms with E-state index in [-0.39, 0.29) is 25.4 Å². The van der Waals surface area contributed by atoms with E-state index < -0.39 is 27.9 Å². The number of hydrogen-bond acceptors (Lipinski definition) is 6. The highest BCUT2D eigenvalue weighted by atomic mass is 35.5. The maximum absolute atomic E-state index is 13.2. The van der Waals surface area contributed by atoms with Gasteiger partial charge in [-0.05, 0) is 42.3 Å². The molecule has 2 aliphatic heterocycles. The maximum Gasteiger partial charge on any atom is 0.306 e. The van der Waals surface area contributed by atoms with Crippen LogP contribution in [0.5, 0.6) is 0 Å². The van der Waals surface area contributed by atoms with Crippen molar-refractivity contribution in [3.8, 4) is 0 Å². The Balaban J connectivity index is 1.51. The maximum atomic E-state index is 13.2. The van der Waals surface area contributed by atoms with Crippen LogP contribution in [0, 0.1) is 0 Å². The summed E-state index contributed by atoms with van der Waals surface area (Å²) in [5, 5.41) is 2.89. The predicted octanol–water partition coefficient (Wildman–Crippen LogP) is 2.48. The second-order valence-corrected chi connectivity index (χ2v) is 10.2. The molecule has 2 atom stereocenters. The fraction of sp³-hybridized carbons (Fsp3) is 0.350. The van der Waals surface area contributed by atoms with E-state index in [0.717, 1.165) is 9.98 Å². The number of nitrogens with one attached hydrogen (secondary N) is 3. The van der Waals surface area contributed by atoms with E-state index in [2.05, 4.69) is 16.2 Å². The molecule has 8 nitrogen and oxygen atoms in total. The molecule has 2 unspecified atom stereocenters. The Labute approximate surface area is 189 Å². The van der Waals surface area contributed by atoms with Gasteiger partial charge in [-0.3, -0.25) is 4.79 Å². The van der Waals surface area contributed by atoms with Gasteiger partial charge in [0.05, 0.1) is 12.1 Å². The molecule has 12 heteroatoms. The summed E-state index contributed by atoms with van der Waals surface area (Å²) in [6, 6.07) is 11.2. The number of nitrogens with zero attached hydrogens (tertiary/aromatic N) is 2. The van der Waals surface area contributed by atoms with Gasteiger partial charge in [0.25, 0.3) is 10.0 Å². The van der Waals surface area contributed by atoms with Crippen molar-refractivity contribution >= 4 is 38.9 Å². The smallest absolute Gasteiger partial charge is 0.306 e. The number of hydrogen-bond donors (Lipinski definition) is 3. The van der Waals surface area contributed by atoms with E-state index in [0.29, 0.717) is 27.0 Å². The van der Waals surface area contributed by atoms with E-state index in [1.165, 1.54) is 0 Å². The number of hydrazine groups is 2. The topological polar surface area (TPSA) is 93.8 Å². The number of rotatable bonds is 6. The van der Waals surface area contributed by atoms with Crippen LogP contribution in [0.15, 0.2) is 42.5 Å². The van der Waals surface area contributed by atoms with E-state index in [1.807, 2.05) is 0 Å². The number of benzene rings is 2. The normalized spacial score (nSPS) is 21.2. The van der Waals surface area contributed by atoms with Crippen molar-refractivity contribution in [1.29, 1.82) is 0 Å². The molecule has 0 saturated carbocycles. The van der Waals surface area contributed by atoms with Crippen LogP contribution in [-0.2, 0) is 27.8 Å². The van der Waals surface area contributed by atoms with Crippen molar-refractivity contribution < 1.29 is 22.0 Å². The first-order valence-corrected chi connectivity index (χ1v) is 11.8. The third-order valence-corrected chi connectivity index (χ3v) is 7.86. The largest absolute Gasteiger partial charge is 0.326 e. The van der Waals surface area contributed by atoms with Crippen LogP contribution in [0.2, 0.25) is 5.02 Å². The number of halogens is 3. The molecule has 2 aromatic carbocycles. The van der Waals surface area contributed by atoms with Crippen molar-refractivity contribution in [2.75, 3.05) is 16.3 Å². The first-order chi connectivity index (χ1) is 15.1. The molecule has 1 amide bonds. The van der Waals surface area contributed by atoms with Crippen molar-refractivity contribution in [3.63, 3.8) is 0 Å². The molecule has 0 radical (unpaired) electrons. The van der Waals surface area contributed by atoms with Crippen LogP contribution in [0.25, 0.3) is 0 Å². The molecule has 0 spiro atoms. The Bertz CT molecular complexity index is 1120. The molecule has 1 fully saturated rings. The van der Waals surface area contributed by atoms with Gasteiger partial charge in [-0.2, -0.15) is 13.8 Å². The second kappa shape index (κ2) is 8.91. The summed E-state index contributed by atoms with van der Waals surface area (Å²) in [5.74, 6) is -0.270. The lowest BCUT2D eigenvalue weighted by Crippen LogP contribution is -2.48. The van der Waals surface area contributed by atoms with Gasteiger partial charge >= 0.3 is 6.55 Å². The summed E-state index contributed by atoms with van der Waals surface area (Å²) in [5.41, 5.74) is 7.61. The Kier molecular flexibility index (Phi) is 6.37. The van der Waals surface area contributed by atoms with Crippen LogP contribution >= 0.6 is 11.6 Å². The Morgan fingerprint density at radius 1 is 1.25 bits per heavy atom. The molecular formula is C20H22ClF2N5O3S. The summed E-state index contributed by atoms with van der Waals surface area (Å²) >= 11 is 5.86. The summed E-state index contributed by atoms with van der Waals surface area (Å²) in [7, 11) is -4.01. The van der Waals surface area contributed by atoms with Crippen molar-refractivity contribution in [3.05, 3.63) is 58.6 Å². The standard InChI is InChI=1S/C20H22ClF2N5O3S/c1-12-18(11-27(26-12)20(22)23)32(30,31)28-17-9-16(7-4-14(17)10-24-28)25-19(29)8-13-2-5-15(21)6-3-13/h2-7,9,12,18,20,24,26H,8,10-11H2,1H3,(H,25,29). The number of anilines is 2. The minimum Gasteiger partial charge on any atom is -0.326 e. The zero-order valence-corrected chi connectivity index (χ0v) is 18.6. The van der Waals surface area contributed by atoms with Gasteiger partial charge in [0.15, 0.2) is 0 Å². The van der Waals surface area contributed by atoms with Crippen molar-refractivity contribution in [2.45, 2.75) is 37.7 Å². The lowest BCUT2D eigenvalue weighted by Gasteiger charge is -2.25. The minimum absolute atomic E-state index is 0.128. The Morgan fingerprint density at radius 3 is 2.62 bits per heavy atom. The van der Waals surface area contributed by atoms with E-state index in [9.17, 15) is 22.0 Å². The van der Waals surface area contributed by atoms with Crippen LogP contribution in [0.4, 0.5) is 20.2 Å². The number of carbonyl (C=O) groups excluding carboxylic acids is 1. The first kappa shape index (κ1) is 22.9. The minimum atomic E-state index is -4.01.